The molecule has 1 amide bonds. The average molecular weight is 299 g/mol. The summed E-state index contributed by atoms with van der Waals surface area (Å²) in [4.78, 5) is 24.1. The molecule has 0 spiro atoms. The summed E-state index contributed by atoms with van der Waals surface area (Å²) in [6.45, 7) is 0. The highest BCUT2D eigenvalue weighted by Gasteiger charge is 2.14. The smallest absolute Gasteiger partial charge is 0.292 e. The Labute approximate surface area is 128 Å². The van der Waals surface area contributed by atoms with Crippen molar-refractivity contribution < 1.29 is 9.72 Å². The largest absolute Gasteiger partial charge is 0.393 e. The number of carbonyl (C=O) groups is 1. The minimum atomic E-state index is -0.517. The Morgan fingerprint density at radius 1 is 1.23 bits per heavy atom. The van der Waals surface area contributed by atoms with Crippen molar-refractivity contribution in [3.8, 4) is 0 Å². The topological polar surface area (TPSA) is 89.5 Å². The highest BCUT2D eigenvalue weighted by Crippen LogP contribution is 2.23. The van der Waals surface area contributed by atoms with Crippen LogP contribution < -0.4 is 10.6 Å². The van der Waals surface area contributed by atoms with Crippen LogP contribution in [0.1, 0.15) is 12.0 Å². The van der Waals surface area contributed by atoms with Gasteiger partial charge in [0.15, 0.2) is 0 Å². The number of rotatable bonds is 5. The van der Waals surface area contributed by atoms with E-state index in [1.54, 1.807) is 18.0 Å². The number of nitro benzene ring substituents is 1. The predicted octanol–water partition coefficient (Wildman–Crippen LogP) is 2.77. The zero-order valence-electron chi connectivity index (χ0n) is 12.2. The van der Waals surface area contributed by atoms with Crippen molar-refractivity contribution >= 4 is 23.0 Å². The first-order chi connectivity index (χ1) is 10.5. The summed E-state index contributed by atoms with van der Waals surface area (Å²) in [7, 11) is 1.71. The minimum absolute atomic E-state index is 0.0503. The van der Waals surface area contributed by atoms with Gasteiger partial charge in [-0.15, -0.1) is 0 Å². The predicted molar refractivity (Wildman–Crippen MR) is 85.7 cm³/mol. The highest BCUT2D eigenvalue weighted by molar-refractivity contribution is 5.92. The lowest BCUT2D eigenvalue weighted by Crippen LogP contribution is -2.26. The van der Waals surface area contributed by atoms with E-state index in [-0.39, 0.29) is 23.7 Å². The van der Waals surface area contributed by atoms with Gasteiger partial charge in [0, 0.05) is 25.2 Å². The molecule has 0 radical (unpaired) electrons. The molecule has 0 fully saturated rings. The fourth-order valence-corrected chi connectivity index (χ4v) is 2.12. The lowest BCUT2D eigenvalue weighted by Gasteiger charge is -2.17. The van der Waals surface area contributed by atoms with Gasteiger partial charge in [-0.25, -0.2) is 0 Å². The molecule has 0 aliphatic heterocycles. The molecule has 0 saturated heterocycles. The van der Waals surface area contributed by atoms with Gasteiger partial charge >= 0.3 is 0 Å². The maximum absolute atomic E-state index is 12.2. The Morgan fingerprint density at radius 2 is 1.91 bits per heavy atom. The van der Waals surface area contributed by atoms with E-state index < -0.39 is 4.92 Å². The third-order valence-electron chi connectivity index (χ3n) is 3.44. The standard InChI is InChI=1S/C16H17N3O3/c1-18(13-5-3-2-4-6-13)16(20)10-8-12-7-9-14(17)15(11-12)19(21)22/h2-7,9,11H,8,10,17H2,1H3. The molecule has 6 nitrogen and oxygen atoms in total. The summed E-state index contributed by atoms with van der Waals surface area (Å²) in [5.41, 5.74) is 7.09. The summed E-state index contributed by atoms with van der Waals surface area (Å²) in [5.74, 6) is -0.0503. The molecule has 0 unspecified atom stereocenters. The number of nitrogens with zero attached hydrogens (tertiary/aromatic N) is 2. The number of nitrogen functional groups attached to an aromatic ring is 1. The average Bonchev–Trinajstić information content (AvgIpc) is 2.53. The lowest BCUT2D eigenvalue weighted by atomic mass is 10.1. The number of anilines is 2. The van der Waals surface area contributed by atoms with E-state index in [0.717, 1.165) is 11.3 Å². The minimum Gasteiger partial charge on any atom is -0.393 e. The Kier molecular flexibility index (Phi) is 4.73. The van der Waals surface area contributed by atoms with E-state index >= 15 is 0 Å². The quantitative estimate of drug-likeness (QED) is 0.522. The molecule has 2 aromatic carbocycles. The number of amides is 1. The monoisotopic (exact) mass is 299 g/mol. The molecule has 0 aliphatic carbocycles. The van der Waals surface area contributed by atoms with Crippen molar-refractivity contribution in [2.75, 3.05) is 17.7 Å². The van der Waals surface area contributed by atoms with E-state index in [2.05, 4.69) is 0 Å². The van der Waals surface area contributed by atoms with Crippen LogP contribution in [0.15, 0.2) is 48.5 Å². The zero-order chi connectivity index (χ0) is 16.1. The number of nitro groups is 1. The molecule has 6 heteroatoms. The van der Waals surface area contributed by atoms with Crippen molar-refractivity contribution in [3.05, 3.63) is 64.2 Å². The molecule has 0 saturated carbocycles. The SMILES string of the molecule is CN(C(=O)CCc1ccc(N)c([N+](=O)[O-])c1)c1ccccc1. The highest BCUT2D eigenvalue weighted by atomic mass is 16.6. The van der Waals surface area contributed by atoms with E-state index in [1.807, 2.05) is 30.3 Å². The van der Waals surface area contributed by atoms with Gasteiger partial charge in [0.2, 0.25) is 5.91 Å². The molecular formula is C16H17N3O3. The summed E-state index contributed by atoms with van der Waals surface area (Å²) in [5, 5.41) is 10.9. The molecule has 22 heavy (non-hydrogen) atoms. The summed E-state index contributed by atoms with van der Waals surface area (Å²) >= 11 is 0. The van der Waals surface area contributed by atoms with Crippen molar-refractivity contribution in [3.63, 3.8) is 0 Å². The molecule has 114 valence electrons. The maximum Gasteiger partial charge on any atom is 0.292 e. The number of aryl methyl sites for hydroxylation is 1. The molecule has 0 bridgehead atoms. The van der Waals surface area contributed by atoms with Crippen LogP contribution in [0.3, 0.4) is 0 Å². The van der Waals surface area contributed by atoms with Crippen LogP contribution in [0.25, 0.3) is 0 Å². The number of nitrogens with two attached hydrogens (primary N) is 1. The Balaban J connectivity index is 2.02. The summed E-state index contributed by atoms with van der Waals surface area (Å²) in [6, 6.07) is 13.9. The Morgan fingerprint density at radius 3 is 2.55 bits per heavy atom. The number of hydrogen-bond acceptors (Lipinski definition) is 4. The van der Waals surface area contributed by atoms with E-state index in [1.165, 1.54) is 12.1 Å². The lowest BCUT2D eigenvalue weighted by molar-refractivity contribution is -0.384. The van der Waals surface area contributed by atoms with Crippen molar-refractivity contribution in [2.24, 2.45) is 0 Å². The van der Waals surface area contributed by atoms with Gasteiger partial charge < -0.3 is 10.6 Å². The fraction of sp³-hybridized carbons (Fsp3) is 0.188. The normalized spacial score (nSPS) is 10.2. The van der Waals surface area contributed by atoms with E-state index in [9.17, 15) is 14.9 Å². The second-order valence-corrected chi connectivity index (χ2v) is 4.94. The molecule has 0 heterocycles. The first-order valence-electron chi connectivity index (χ1n) is 6.83. The van der Waals surface area contributed by atoms with Crippen LogP contribution in [0, 0.1) is 10.1 Å². The summed E-state index contributed by atoms with van der Waals surface area (Å²) in [6.07, 6.45) is 0.698. The summed E-state index contributed by atoms with van der Waals surface area (Å²) < 4.78 is 0. The first kappa shape index (κ1) is 15.5. The zero-order valence-corrected chi connectivity index (χ0v) is 12.2. The van der Waals surface area contributed by atoms with Crippen molar-refractivity contribution in [2.45, 2.75) is 12.8 Å². The molecule has 0 aromatic heterocycles. The van der Waals surface area contributed by atoms with Gasteiger partial charge in [-0.05, 0) is 30.2 Å². The van der Waals surface area contributed by atoms with Crippen LogP contribution in [0.2, 0.25) is 0 Å². The number of para-hydroxylation sites is 1. The van der Waals surface area contributed by atoms with E-state index in [0.29, 0.717) is 6.42 Å². The second-order valence-electron chi connectivity index (χ2n) is 4.94. The fourth-order valence-electron chi connectivity index (χ4n) is 2.12. The van der Waals surface area contributed by atoms with Crippen LogP contribution in [-0.2, 0) is 11.2 Å². The van der Waals surface area contributed by atoms with Crippen LogP contribution in [-0.4, -0.2) is 17.9 Å². The number of carbonyl (C=O) groups excluding carboxylic acids is 1. The second kappa shape index (κ2) is 6.71. The van der Waals surface area contributed by atoms with Crippen LogP contribution in [0.4, 0.5) is 17.1 Å². The van der Waals surface area contributed by atoms with Crippen LogP contribution >= 0.6 is 0 Å². The third-order valence-corrected chi connectivity index (χ3v) is 3.44. The van der Waals surface area contributed by atoms with Gasteiger partial charge in [-0.3, -0.25) is 14.9 Å². The maximum atomic E-state index is 12.2. The van der Waals surface area contributed by atoms with Crippen LogP contribution in [0.5, 0.6) is 0 Å². The molecule has 0 aliphatic rings. The Bertz CT molecular complexity index is 686. The molecule has 0 atom stereocenters. The third kappa shape index (κ3) is 3.60. The molecule has 2 N–H and O–H groups in total. The van der Waals surface area contributed by atoms with Gasteiger partial charge in [-0.1, -0.05) is 24.3 Å². The molecular weight excluding hydrogens is 282 g/mol. The van der Waals surface area contributed by atoms with E-state index in [4.69, 9.17) is 5.73 Å². The number of benzene rings is 2. The van der Waals surface area contributed by atoms with Crippen molar-refractivity contribution in [1.29, 1.82) is 0 Å². The molecule has 2 rings (SSSR count). The van der Waals surface area contributed by atoms with Gasteiger partial charge in [0.05, 0.1) is 4.92 Å². The first-order valence-corrected chi connectivity index (χ1v) is 6.83. The number of hydrogen-bond donors (Lipinski definition) is 1. The molecule has 2 aromatic rings. The van der Waals surface area contributed by atoms with Gasteiger partial charge in [0.1, 0.15) is 5.69 Å². The van der Waals surface area contributed by atoms with Gasteiger partial charge in [-0.2, -0.15) is 0 Å². The Hall–Kier alpha value is -2.89. The van der Waals surface area contributed by atoms with Gasteiger partial charge in [0.25, 0.3) is 5.69 Å². The van der Waals surface area contributed by atoms with Crippen molar-refractivity contribution in [1.82, 2.24) is 0 Å².